The van der Waals surface area contributed by atoms with Crippen LogP contribution in [0, 0.1) is 11.3 Å². The van der Waals surface area contributed by atoms with Crippen LogP contribution in [-0.2, 0) is 0 Å². The maximum atomic E-state index is 8.37. The van der Waals surface area contributed by atoms with Crippen molar-refractivity contribution >= 4 is 5.69 Å². The van der Waals surface area contributed by atoms with E-state index in [0.717, 1.165) is 12.2 Å². The topological polar surface area (TPSA) is 39.9 Å². The van der Waals surface area contributed by atoms with Crippen LogP contribution in [0.25, 0.3) is 0 Å². The van der Waals surface area contributed by atoms with Crippen LogP contribution in [0.4, 0.5) is 5.69 Å². The van der Waals surface area contributed by atoms with Crippen LogP contribution in [0.3, 0.4) is 0 Å². The number of hydrogen-bond donors (Lipinski definition) is 0. The van der Waals surface area contributed by atoms with E-state index in [1.165, 1.54) is 0 Å². The van der Waals surface area contributed by atoms with Crippen LogP contribution in [0.15, 0.2) is 24.5 Å². The van der Waals surface area contributed by atoms with E-state index in [4.69, 9.17) is 5.26 Å². The predicted octanol–water partition coefficient (Wildman–Crippen LogP) is 1.43. The highest BCUT2D eigenvalue weighted by atomic mass is 15.1. The van der Waals surface area contributed by atoms with Crippen molar-refractivity contribution in [3.05, 3.63) is 24.5 Å². The van der Waals surface area contributed by atoms with Gasteiger partial charge in [0.05, 0.1) is 12.5 Å². The second-order valence-corrected chi connectivity index (χ2v) is 2.54. The Hall–Kier alpha value is -1.56. The molecule has 0 spiro atoms. The molecule has 1 heterocycles. The summed E-state index contributed by atoms with van der Waals surface area (Å²) in [6, 6.07) is 5.97. The molecule has 0 unspecified atom stereocenters. The lowest BCUT2D eigenvalue weighted by Crippen LogP contribution is -2.17. The summed E-state index contributed by atoms with van der Waals surface area (Å²) in [4.78, 5) is 5.95. The normalized spacial score (nSPS) is 9.00. The number of nitriles is 1. The molecule has 0 aliphatic carbocycles. The molecule has 3 heteroatoms. The molecule has 0 aromatic carbocycles. The Morgan fingerprint density at radius 2 is 2.17 bits per heavy atom. The number of rotatable bonds is 3. The van der Waals surface area contributed by atoms with Gasteiger partial charge >= 0.3 is 0 Å². The van der Waals surface area contributed by atoms with Gasteiger partial charge in [0.15, 0.2) is 0 Å². The van der Waals surface area contributed by atoms with Gasteiger partial charge in [-0.05, 0) is 12.1 Å². The second kappa shape index (κ2) is 4.35. The molecule has 1 aromatic rings. The van der Waals surface area contributed by atoms with Crippen LogP contribution in [-0.4, -0.2) is 18.6 Å². The summed E-state index contributed by atoms with van der Waals surface area (Å²) in [7, 11) is 1.96. The molecule has 62 valence electrons. The zero-order valence-corrected chi connectivity index (χ0v) is 7.07. The lowest BCUT2D eigenvalue weighted by atomic mass is 10.3. The molecule has 12 heavy (non-hydrogen) atoms. The highest BCUT2D eigenvalue weighted by molar-refractivity contribution is 5.43. The van der Waals surface area contributed by atoms with E-state index < -0.39 is 0 Å². The molecule has 1 rings (SSSR count). The van der Waals surface area contributed by atoms with Crippen LogP contribution in [0.5, 0.6) is 0 Å². The van der Waals surface area contributed by atoms with E-state index in [1.54, 1.807) is 12.4 Å². The van der Waals surface area contributed by atoms with Crippen LogP contribution in [0.1, 0.15) is 6.42 Å². The maximum absolute atomic E-state index is 8.37. The van der Waals surface area contributed by atoms with Crippen LogP contribution < -0.4 is 4.90 Å². The average Bonchev–Trinajstić information content (AvgIpc) is 2.15. The van der Waals surface area contributed by atoms with Gasteiger partial charge in [0.2, 0.25) is 0 Å². The third-order valence-electron chi connectivity index (χ3n) is 1.66. The highest BCUT2D eigenvalue weighted by Gasteiger charge is 1.97. The smallest absolute Gasteiger partial charge is 0.0640 e. The van der Waals surface area contributed by atoms with E-state index in [-0.39, 0.29) is 0 Å². The number of nitrogens with zero attached hydrogens (tertiary/aromatic N) is 3. The first-order chi connectivity index (χ1) is 5.84. The molecule has 0 radical (unpaired) electrons. The zero-order chi connectivity index (χ0) is 8.81. The molecule has 3 nitrogen and oxygen atoms in total. The lowest BCUT2D eigenvalue weighted by molar-refractivity contribution is 0.903. The fourth-order valence-corrected chi connectivity index (χ4v) is 0.945. The number of hydrogen-bond acceptors (Lipinski definition) is 3. The summed E-state index contributed by atoms with van der Waals surface area (Å²) in [5.74, 6) is 0. The summed E-state index contributed by atoms with van der Waals surface area (Å²) in [6.45, 7) is 0.764. The molecule has 0 atom stereocenters. The summed E-state index contributed by atoms with van der Waals surface area (Å²) >= 11 is 0. The van der Waals surface area contributed by atoms with Gasteiger partial charge in [0, 0.05) is 31.7 Å². The van der Waals surface area contributed by atoms with Gasteiger partial charge in [-0.2, -0.15) is 5.26 Å². The summed E-state index contributed by atoms with van der Waals surface area (Å²) in [5, 5.41) is 8.37. The fraction of sp³-hybridized carbons (Fsp3) is 0.333. The minimum absolute atomic E-state index is 0.554. The van der Waals surface area contributed by atoms with Crippen molar-refractivity contribution in [3.8, 4) is 6.07 Å². The van der Waals surface area contributed by atoms with Gasteiger partial charge in [-0.25, -0.2) is 0 Å². The third kappa shape index (κ3) is 2.24. The quantitative estimate of drug-likeness (QED) is 0.673. The average molecular weight is 161 g/mol. The van der Waals surface area contributed by atoms with Crippen molar-refractivity contribution < 1.29 is 0 Å². The Labute approximate surface area is 72.3 Å². The van der Waals surface area contributed by atoms with Crippen molar-refractivity contribution in [1.82, 2.24) is 4.98 Å². The van der Waals surface area contributed by atoms with Crippen LogP contribution >= 0.6 is 0 Å². The molecule has 0 saturated heterocycles. The molecular formula is C9H11N3. The zero-order valence-electron chi connectivity index (χ0n) is 7.07. The lowest BCUT2D eigenvalue weighted by Gasteiger charge is -2.16. The van der Waals surface area contributed by atoms with Gasteiger partial charge in [0.1, 0.15) is 0 Å². The van der Waals surface area contributed by atoms with E-state index in [9.17, 15) is 0 Å². The fourth-order valence-electron chi connectivity index (χ4n) is 0.945. The van der Waals surface area contributed by atoms with Crippen LogP contribution in [0.2, 0.25) is 0 Å². The summed E-state index contributed by atoms with van der Waals surface area (Å²) in [6.07, 6.45) is 4.05. The van der Waals surface area contributed by atoms with E-state index in [2.05, 4.69) is 11.1 Å². The van der Waals surface area contributed by atoms with Crippen molar-refractivity contribution in [1.29, 1.82) is 5.26 Å². The number of aromatic nitrogens is 1. The summed E-state index contributed by atoms with van der Waals surface area (Å²) < 4.78 is 0. The Morgan fingerprint density at radius 3 is 2.75 bits per heavy atom. The molecule has 0 saturated carbocycles. The first-order valence-electron chi connectivity index (χ1n) is 3.82. The maximum Gasteiger partial charge on any atom is 0.0640 e. The molecule has 0 fully saturated rings. The first kappa shape index (κ1) is 8.54. The Morgan fingerprint density at radius 1 is 1.50 bits per heavy atom. The van der Waals surface area contributed by atoms with E-state index in [0.29, 0.717) is 6.42 Å². The predicted molar refractivity (Wildman–Crippen MR) is 47.7 cm³/mol. The standard InChI is InChI=1S/C9H11N3/c1-12(8-2-5-10)9-3-6-11-7-4-9/h3-4,6-7H,2,8H2,1H3. The minimum atomic E-state index is 0.554. The van der Waals surface area contributed by atoms with Gasteiger partial charge in [0.25, 0.3) is 0 Å². The number of pyridine rings is 1. The molecule has 0 bridgehead atoms. The molecule has 0 amide bonds. The van der Waals surface area contributed by atoms with Gasteiger partial charge < -0.3 is 4.90 Å². The molecule has 0 aliphatic rings. The monoisotopic (exact) mass is 161 g/mol. The number of anilines is 1. The molecule has 1 aromatic heterocycles. The molecular weight excluding hydrogens is 150 g/mol. The van der Waals surface area contributed by atoms with Gasteiger partial charge in [-0.15, -0.1) is 0 Å². The third-order valence-corrected chi connectivity index (χ3v) is 1.66. The van der Waals surface area contributed by atoms with Crippen molar-refractivity contribution in [2.24, 2.45) is 0 Å². The summed E-state index contributed by atoms with van der Waals surface area (Å²) in [5.41, 5.74) is 1.10. The van der Waals surface area contributed by atoms with Gasteiger partial charge in [-0.1, -0.05) is 0 Å². The molecule has 0 aliphatic heterocycles. The van der Waals surface area contributed by atoms with Crippen molar-refractivity contribution in [2.45, 2.75) is 6.42 Å². The minimum Gasteiger partial charge on any atom is -0.373 e. The largest absolute Gasteiger partial charge is 0.373 e. The SMILES string of the molecule is CN(CCC#N)c1ccncc1. The highest BCUT2D eigenvalue weighted by Crippen LogP contribution is 2.09. The Bertz CT molecular complexity index is 263. The molecule has 0 N–H and O–H groups in total. The van der Waals surface area contributed by atoms with E-state index in [1.807, 2.05) is 24.1 Å². The van der Waals surface area contributed by atoms with Gasteiger partial charge in [-0.3, -0.25) is 4.98 Å². The Kier molecular flexibility index (Phi) is 3.09. The van der Waals surface area contributed by atoms with E-state index >= 15 is 0 Å². The van der Waals surface area contributed by atoms with Crippen molar-refractivity contribution in [2.75, 3.05) is 18.5 Å². The Balaban J connectivity index is 2.55. The second-order valence-electron chi connectivity index (χ2n) is 2.54. The van der Waals surface area contributed by atoms with Crippen molar-refractivity contribution in [3.63, 3.8) is 0 Å². The first-order valence-corrected chi connectivity index (χ1v) is 3.82.